The van der Waals surface area contributed by atoms with Gasteiger partial charge in [0, 0.05) is 10.6 Å². The van der Waals surface area contributed by atoms with E-state index in [4.69, 9.17) is 11.6 Å². The van der Waals surface area contributed by atoms with E-state index in [0.717, 1.165) is 18.2 Å². The van der Waals surface area contributed by atoms with Crippen LogP contribution in [0.2, 0.25) is 5.02 Å². The van der Waals surface area contributed by atoms with E-state index in [9.17, 15) is 18.4 Å². The highest BCUT2D eigenvalue weighted by Crippen LogP contribution is 2.38. The summed E-state index contributed by atoms with van der Waals surface area (Å²) in [6, 6.07) is 6.43. The van der Waals surface area contributed by atoms with E-state index in [1.807, 2.05) is 6.07 Å². The third-order valence-electron chi connectivity index (χ3n) is 4.00. The van der Waals surface area contributed by atoms with Gasteiger partial charge in [-0.2, -0.15) is 23.5 Å². The van der Waals surface area contributed by atoms with Crippen molar-refractivity contribution >= 4 is 22.6 Å². The van der Waals surface area contributed by atoms with Gasteiger partial charge in [0.15, 0.2) is 5.65 Å². The van der Waals surface area contributed by atoms with Gasteiger partial charge in [0.25, 0.3) is 0 Å². The van der Waals surface area contributed by atoms with E-state index in [1.165, 1.54) is 18.6 Å². The molecule has 4 rings (SSSR count). The monoisotopic (exact) mass is 388 g/mol. The Hall–Kier alpha value is -3.38. The van der Waals surface area contributed by atoms with Gasteiger partial charge in [0.05, 0.1) is 34.1 Å². The molecule has 0 aliphatic rings. The van der Waals surface area contributed by atoms with Crippen molar-refractivity contribution in [3.63, 3.8) is 0 Å². The fourth-order valence-corrected chi connectivity index (χ4v) is 2.97. The Morgan fingerprint density at radius 2 is 1.96 bits per heavy atom. The van der Waals surface area contributed by atoms with Crippen LogP contribution in [0, 0.1) is 11.3 Å². The number of benzene rings is 1. The molecule has 6 nitrogen and oxygen atoms in total. The number of nitriles is 1. The van der Waals surface area contributed by atoms with Crippen LogP contribution in [0.4, 0.5) is 13.2 Å². The maximum absolute atomic E-state index is 13.1. The molecule has 0 atom stereocenters. The number of hydrogen-bond donors (Lipinski definition) is 2. The summed E-state index contributed by atoms with van der Waals surface area (Å²) < 4.78 is 39.2. The average molecular weight is 389 g/mol. The van der Waals surface area contributed by atoms with Gasteiger partial charge in [-0.15, -0.1) is 0 Å². The Kier molecular flexibility index (Phi) is 3.86. The Balaban J connectivity index is 1.92. The number of hydrogen-bond acceptors (Lipinski definition) is 4. The molecule has 0 radical (unpaired) electrons. The van der Waals surface area contributed by atoms with Gasteiger partial charge in [-0.25, -0.2) is 9.97 Å². The van der Waals surface area contributed by atoms with Crippen molar-refractivity contribution in [2.75, 3.05) is 0 Å². The molecule has 0 aliphatic heterocycles. The van der Waals surface area contributed by atoms with Crippen LogP contribution in [0.25, 0.3) is 33.7 Å². The number of nitrogens with one attached hydrogen (secondary N) is 2. The molecule has 0 saturated carbocycles. The predicted octanol–water partition coefficient (Wildman–Crippen LogP) is 4.56. The molecule has 0 fully saturated rings. The minimum atomic E-state index is -4.53. The topological polar surface area (TPSA) is 94.0 Å². The third kappa shape index (κ3) is 2.90. The maximum atomic E-state index is 13.1. The first kappa shape index (κ1) is 17.1. The van der Waals surface area contributed by atoms with Crippen LogP contribution in [0.15, 0.2) is 36.8 Å². The van der Waals surface area contributed by atoms with Gasteiger partial charge in [0.1, 0.15) is 18.1 Å². The van der Waals surface area contributed by atoms with E-state index in [1.54, 1.807) is 0 Å². The van der Waals surface area contributed by atoms with Crippen LogP contribution in [0.1, 0.15) is 11.1 Å². The zero-order valence-electron chi connectivity index (χ0n) is 13.3. The van der Waals surface area contributed by atoms with Crippen LogP contribution in [-0.2, 0) is 6.18 Å². The molecule has 0 amide bonds. The van der Waals surface area contributed by atoms with E-state index in [2.05, 4.69) is 25.1 Å². The van der Waals surface area contributed by atoms with Crippen molar-refractivity contribution in [3.05, 3.63) is 52.9 Å². The lowest BCUT2D eigenvalue weighted by molar-refractivity contribution is -0.137. The summed E-state index contributed by atoms with van der Waals surface area (Å²) in [5, 5.41) is 16.7. The molecule has 0 saturated heterocycles. The summed E-state index contributed by atoms with van der Waals surface area (Å²) in [4.78, 5) is 11.2. The molecule has 0 aliphatic carbocycles. The molecular formula is C17H8ClF3N6. The smallest absolute Gasteiger partial charge is 0.352 e. The van der Waals surface area contributed by atoms with Crippen molar-refractivity contribution in [1.29, 1.82) is 5.26 Å². The van der Waals surface area contributed by atoms with E-state index >= 15 is 0 Å². The molecule has 134 valence electrons. The molecule has 3 heterocycles. The second-order valence-corrected chi connectivity index (χ2v) is 6.04. The zero-order valence-corrected chi connectivity index (χ0v) is 14.0. The van der Waals surface area contributed by atoms with Crippen LogP contribution in [-0.4, -0.2) is 25.1 Å². The van der Waals surface area contributed by atoms with Crippen molar-refractivity contribution < 1.29 is 13.2 Å². The quantitative estimate of drug-likeness (QED) is 0.526. The summed E-state index contributed by atoms with van der Waals surface area (Å²) in [5.41, 5.74) is 0.920. The Morgan fingerprint density at radius 1 is 1.15 bits per heavy atom. The fourth-order valence-electron chi connectivity index (χ4n) is 2.76. The second kappa shape index (κ2) is 6.10. The predicted molar refractivity (Wildman–Crippen MR) is 91.6 cm³/mol. The average Bonchev–Trinajstić information content (AvgIpc) is 3.27. The molecule has 1 aromatic carbocycles. The molecule has 3 aromatic heterocycles. The number of alkyl halides is 3. The summed E-state index contributed by atoms with van der Waals surface area (Å²) in [7, 11) is 0. The van der Waals surface area contributed by atoms with Crippen LogP contribution < -0.4 is 0 Å². The van der Waals surface area contributed by atoms with E-state index in [-0.39, 0.29) is 21.8 Å². The Morgan fingerprint density at radius 3 is 2.70 bits per heavy atom. The van der Waals surface area contributed by atoms with Gasteiger partial charge in [-0.3, -0.25) is 5.10 Å². The molecule has 10 heteroatoms. The standard InChI is InChI=1S/C17H8ClF3N6/c18-12-2-1-9(17(19,20)21)4-10(12)14-8(5-22)3-13(26-14)15-11-6-25-27-16(11)24-7-23-15/h1-4,6-7,26H,(H,23,24,25,27). The van der Waals surface area contributed by atoms with Gasteiger partial charge in [0.2, 0.25) is 0 Å². The molecule has 27 heavy (non-hydrogen) atoms. The van der Waals surface area contributed by atoms with Crippen LogP contribution in [0.3, 0.4) is 0 Å². The number of aromatic nitrogens is 5. The lowest BCUT2D eigenvalue weighted by atomic mass is 10.1. The van der Waals surface area contributed by atoms with Crippen LogP contribution >= 0.6 is 11.6 Å². The summed E-state index contributed by atoms with van der Waals surface area (Å²) in [5.74, 6) is 0. The number of H-pyrrole nitrogens is 2. The number of nitrogens with zero attached hydrogens (tertiary/aromatic N) is 4. The highest BCUT2D eigenvalue weighted by atomic mass is 35.5. The first-order valence-electron chi connectivity index (χ1n) is 7.53. The zero-order chi connectivity index (χ0) is 19.2. The van der Waals surface area contributed by atoms with Crippen molar-refractivity contribution in [1.82, 2.24) is 25.1 Å². The van der Waals surface area contributed by atoms with Crippen molar-refractivity contribution in [3.8, 4) is 28.7 Å². The van der Waals surface area contributed by atoms with Gasteiger partial charge in [-0.05, 0) is 24.3 Å². The van der Waals surface area contributed by atoms with Crippen LogP contribution in [0.5, 0.6) is 0 Å². The first-order valence-corrected chi connectivity index (χ1v) is 7.91. The number of halogens is 4. The SMILES string of the molecule is N#Cc1cc(-c2ncnc3[nH]ncc23)[nH]c1-c1cc(C(F)(F)F)ccc1Cl. The van der Waals surface area contributed by atoms with Gasteiger partial charge >= 0.3 is 6.18 Å². The fraction of sp³-hybridized carbons (Fsp3) is 0.0588. The Bertz CT molecular complexity index is 1200. The summed E-state index contributed by atoms with van der Waals surface area (Å²) in [6.07, 6.45) is -1.69. The number of rotatable bonds is 2. The summed E-state index contributed by atoms with van der Waals surface area (Å²) in [6.45, 7) is 0. The second-order valence-electron chi connectivity index (χ2n) is 5.63. The molecule has 0 bridgehead atoms. The normalized spacial score (nSPS) is 11.7. The maximum Gasteiger partial charge on any atom is 0.416 e. The van der Waals surface area contributed by atoms with Gasteiger partial charge in [-0.1, -0.05) is 11.6 Å². The highest BCUT2D eigenvalue weighted by molar-refractivity contribution is 6.33. The lowest BCUT2D eigenvalue weighted by Gasteiger charge is -2.10. The first-order chi connectivity index (χ1) is 12.9. The third-order valence-corrected chi connectivity index (χ3v) is 4.33. The van der Waals surface area contributed by atoms with E-state index < -0.39 is 11.7 Å². The largest absolute Gasteiger partial charge is 0.416 e. The van der Waals surface area contributed by atoms with Crippen molar-refractivity contribution in [2.45, 2.75) is 6.18 Å². The minimum absolute atomic E-state index is 0.0757. The molecule has 0 unspecified atom stereocenters. The highest BCUT2D eigenvalue weighted by Gasteiger charge is 2.31. The Labute approximate surface area is 154 Å². The summed E-state index contributed by atoms with van der Waals surface area (Å²) >= 11 is 6.11. The van der Waals surface area contributed by atoms with E-state index in [0.29, 0.717) is 22.4 Å². The molecule has 2 N–H and O–H groups in total. The molecular weight excluding hydrogens is 381 g/mol. The van der Waals surface area contributed by atoms with Crippen molar-refractivity contribution in [2.24, 2.45) is 0 Å². The molecule has 0 spiro atoms. The number of fused-ring (bicyclic) bond motifs is 1. The molecule has 4 aromatic rings. The van der Waals surface area contributed by atoms with Gasteiger partial charge < -0.3 is 4.98 Å². The lowest BCUT2D eigenvalue weighted by Crippen LogP contribution is -2.05. The minimum Gasteiger partial charge on any atom is -0.352 e. The number of aromatic amines is 2.